The average molecular weight is 544 g/mol. The summed E-state index contributed by atoms with van der Waals surface area (Å²) in [5.74, 6) is -0.801. The van der Waals surface area contributed by atoms with Gasteiger partial charge in [0.05, 0.1) is 19.3 Å². The number of likely N-dealkylation sites (tertiary alicyclic amines) is 1. The molecule has 4 atom stereocenters. The highest BCUT2D eigenvalue weighted by atomic mass is 19.1. The third-order valence-electron chi connectivity index (χ3n) is 8.25. The molecular formula is C30H39F2N3O4. The van der Waals surface area contributed by atoms with Crippen molar-refractivity contribution in [3.63, 3.8) is 0 Å². The van der Waals surface area contributed by atoms with Crippen molar-refractivity contribution in [3.05, 3.63) is 58.5 Å². The molecule has 2 saturated heterocycles. The van der Waals surface area contributed by atoms with E-state index in [1.165, 1.54) is 17.7 Å². The van der Waals surface area contributed by atoms with Crippen LogP contribution in [0.15, 0.2) is 30.3 Å². The van der Waals surface area contributed by atoms with E-state index in [1.807, 2.05) is 0 Å². The number of nitrogens with one attached hydrogen (secondary N) is 1. The molecule has 0 saturated carbocycles. The lowest BCUT2D eigenvalue weighted by Gasteiger charge is -2.27. The fraction of sp³-hybridized carbons (Fsp3) is 0.600. The van der Waals surface area contributed by atoms with Crippen LogP contribution < -0.4 is 5.32 Å². The van der Waals surface area contributed by atoms with Crippen molar-refractivity contribution in [2.45, 2.75) is 76.3 Å². The lowest BCUT2D eigenvalue weighted by atomic mass is 9.96. The van der Waals surface area contributed by atoms with Crippen LogP contribution in [-0.4, -0.2) is 66.1 Å². The number of aryl methyl sites for hydroxylation is 2. The molecule has 0 spiro atoms. The molecule has 0 aliphatic carbocycles. The Morgan fingerprint density at radius 3 is 2.97 bits per heavy atom. The average Bonchev–Trinajstić information content (AvgIpc) is 3.63. The first-order chi connectivity index (χ1) is 19.0. The molecule has 2 fully saturated rings. The first-order valence-corrected chi connectivity index (χ1v) is 14.3. The number of nitrogens with zero attached hydrogens (tertiary/aromatic N) is 2. The fourth-order valence-electron chi connectivity index (χ4n) is 6.02. The number of carboxylic acid groups (broad SMARTS) is 1. The lowest BCUT2D eigenvalue weighted by molar-refractivity contribution is -0.143. The summed E-state index contributed by atoms with van der Waals surface area (Å²) < 4.78 is 40.7. The minimum atomic E-state index is -1.06. The molecule has 1 aromatic heterocycles. The molecule has 5 rings (SSSR count). The number of fused-ring (bicyclic) bond motifs is 1. The summed E-state index contributed by atoms with van der Waals surface area (Å²) in [6.07, 6.45) is 5.39. The smallest absolute Gasteiger partial charge is 0.325 e. The number of carboxylic acids is 1. The highest BCUT2D eigenvalue weighted by Gasteiger charge is 2.37. The third-order valence-corrected chi connectivity index (χ3v) is 8.25. The van der Waals surface area contributed by atoms with E-state index >= 15 is 4.39 Å². The number of aliphatic carboxylic acids is 1. The Labute approximate surface area is 228 Å². The van der Waals surface area contributed by atoms with E-state index in [9.17, 15) is 14.3 Å². The van der Waals surface area contributed by atoms with Gasteiger partial charge in [-0.3, -0.25) is 9.69 Å². The van der Waals surface area contributed by atoms with Crippen molar-refractivity contribution in [1.82, 2.24) is 9.88 Å². The van der Waals surface area contributed by atoms with Crippen molar-refractivity contribution in [1.29, 1.82) is 0 Å². The first kappa shape index (κ1) is 27.9. The number of rotatable bonds is 12. The van der Waals surface area contributed by atoms with Gasteiger partial charge in [0.25, 0.3) is 0 Å². The van der Waals surface area contributed by atoms with Crippen LogP contribution in [0, 0.1) is 11.7 Å². The van der Waals surface area contributed by atoms with Crippen LogP contribution in [0.3, 0.4) is 0 Å². The van der Waals surface area contributed by atoms with E-state index < -0.39 is 24.0 Å². The summed E-state index contributed by atoms with van der Waals surface area (Å²) in [5, 5.41) is 13.5. The quantitative estimate of drug-likeness (QED) is 0.361. The number of benzene rings is 1. The van der Waals surface area contributed by atoms with Crippen LogP contribution in [0.5, 0.6) is 0 Å². The van der Waals surface area contributed by atoms with Crippen LogP contribution in [0.25, 0.3) is 0 Å². The number of unbranched alkanes of at least 4 members (excludes halogenated alkanes) is 1. The van der Waals surface area contributed by atoms with Crippen LogP contribution in [0.4, 0.5) is 14.6 Å². The number of hydrogen-bond donors (Lipinski definition) is 2. The van der Waals surface area contributed by atoms with Crippen molar-refractivity contribution >= 4 is 11.8 Å². The maximum absolute atomic E-state index is 15.2. The molecule has 2 aromatic rings. The second-order valence-corrected chi connectivity index (χ2v) is 11.0. The molecule has 39 heavy (non-hydrogen) atoms. The zero-order chi connectivity index (χ0) is 27.2. The molecule has 0 bridgehead atoms. The predicted octanol–water partition coefficient (Wildman–Crippen LogP) is 5.08. The third kappa shape index (κ3) is 7.13. The SMILES string of the molecule is O=C(O)C(c1cc(F)ccc1CO[C@H]1CCOC1)N1CC[C@@H](C(F)CCCCc2ccc3c(n2)NCCC3)C1. The molecule has 3 aliphatic heterocycles. The van der Waals surface area contributed by atoms with Gasteiger partial charge in [0.2, 0.25) is 0 Å². The number of carbonyl (C=O) groups is 1. The number of alkyl halides is 1. The van der Waals surface area contributed by atoms with Gasteiger partial charge in [0.15, 0.2) is 0 Å². The zero-order valence-corrected chi connectivity index (χ0v) is 22.4. The Bertz CT molecular complexity index is 1130. The van der Waals surface area contributed by atoms with E-state index in [1.54, 1.807) is 11.0 Å². The van der Waals surface area contributed by atoms with Crippen molar-refractivity contribution in [3.8, 4) is 0 Å². The second-order valence-electron chi connectivity index (χ2n) is 11.0. The van der Waals surface area contributed by atoms with Gasteiger partial charge in [-0.25, -0.2) is 13.8 Å². The first-order valence-electron chi connectivity index (χ1n) is 14.3. The van der Waals surface area contributed by atoms with Gasteiger partial charge in [-0.2, -0.15) is 0 Å². The maximum atomic E-state index is 15.2. The minimum Gasteiger partial charge on any atom is -0.480 e. The summed E-state index contributed by atoms with van der Waals surface area (Å²) in [7, 11) is 0. The Hall–Kier alpha value is -2.62. The number of hydrogen-bond acceptors (Lipinski definition) is 6. The second kappa shape index (κ2) is 13.2. The van der Waals surface area contributed by atoms with Gasteiger partial charge in [-0.15, -0.1) is 0 Å². The summed E-state index contributed by atoms with van der Waals surface area (Å²) in [5.41, 5.74) is 3.32. The molecule has 212 valence electrons. The summed E-state index contributed by atoms with van der Waals surface area (Å²) in [6, 6.07) is 7.38. The number of pyridine rings is 1. The van der Waals surface area contributed by atoms with Gasteiger partial charge in [-0.05, 0) is 86.4 Å². The largest absolute Gasteiger partial charge is 0.480 e. The topological polar surface area (TPSA) is 83.9 Å². The zero-order valence-electron chi connectivity index (χ0n) is 22.4. The molecule has 2 N–H and O–H groups in total. The van der Waals surface area contributed by atoms with Crippen LogP contribution in [0.1, 0.15) is 67.0 Å². The highest BCUT2D eigenvalue weighted by molar-refractivity contribution is 5.76. The van der Waals surface area contributed by atoms with E-state index in [0.29, 0.717) is 50.3 Å². The molecule has 2 unspecified atom stereocenters. The Morgan fingerprint density at radius 2 is 2.15 bits per heavy atom. The van der Waals surface area contributed by atoms with Gasteiger partial charge < -0.3 is 19.9 Å². The summed E-state index contributed by atoms with van der Waals surface area (Å²) in [6.45, 7) is 3.08. The monoisotopic (exact) mass is 543 g/mol. The molecule has 4 heterocycles. The Kier molecular flexibility index (Phi) is 9.42. The van der Waals surface area contributed by atoms with E-state index in [0.717, 1.165) is 56.6 Å². The number of anilines is 1. The molecule has 1 aromatic carbocycles. The van der Waals surface area contributed by atoms with Crippen LogP contribution in [0.2, 0.25) is 0 Å². The van der Waals surface area contributed by atoms with Crippen LogP contribution >= 0.6 is 0 Å². The number of halogens is 2. The normalized spacial score (nSPS) is 22.8. The van der Waals surface area contributed by atoms with Gasteiger partial charge in [0.1, 0.15) is 23.8 Å². The standard InChI is InChI=1S/C30H39F2N3O4/c31-23-9-7-22(18-39-25-12-15-38-19-25)26(16-23)28(30(36)37)35-14-11-21(17-35)27(32)6-2-1-5-24-10-8-20-4-3-13-33-29(20)34-24/h7-10,16,21,25,27-28H,1-6,11-15,17-19H2,(H,33,34)(H,36,37)/t21-,25+,27?,28?/m1/s1. The molecule has 0 amide bonds. The Morgan fingerprint density at radius 1 is 1.26 bits per heavy atom. The van der Waals surface area contributed by atoms with Gasteiger partial charge in [-0.1, -0.05) is 18.6 Å². The lowest BCUT2D eigenvalue weighted by Crippen LogP contribution is -2.34. The summed E-state index contributed by atoms with van der Waals surface area (Å²) in [4.78, 5) is 18.9. The summed E-state index contributed by atoms with van der Waals surface area (Å²) >= 11 is 0. The molecular weight excluding hydrogens is 504 g/mol. The van der Waals surface area contributed by atoms with E-state index in [-0.39, 0.29) is 18.6 Å². The molecule has 3 aliphatic rings. The minimum absolute atomic E-state index is 0.0469. The number of ether oxygens (including phenoxy) is 2. The molecule has 9 heteroatoms. The van der Waals surface area contributed by atoms with Crippen LogP contribution in [-0.2, 0) is 33.7 Å². The van der Waals surface area contributed by atoms with Gasteiger partial charge >= 0.3 is 5.97 Å². The van der Waals surface area contributed by atoms with Crippen molar-refractivity contribution in [2.24, 2.45) is 5.92 Å². The van der Waals surface area contributed by atoms with Gasteiger partial charge in [0, 0.05) is 31.3 Å². The van der Waals surface area contributed by atoms with E-state index in [2.05, 4.69) is 17.4 Å². The fourth-order valence-corrected chi connectivity index (χ4v) is 6.02. The highest BCUT2D eigenvalue weighted by Crippen LogP contribution is 2.34. The number of aromatic nitrogens is 1. The van der Waals surface area contributed by atoms with E-state index in [4.69, 9.17) is 14.5 Å². The molecule has 7 nitrogen and oxygen atoms in total. The van der Waals surface area contributed by atoms with Crippen molar-refractivity contribution in [2.75, 3.05) is 38.2 Å². The van der Waals surface area contributed by atoms with Crippen molar-refractivity contribution < 1.29 is 28.2 Å². The Balaban J connectivity index is 1.14. The maximum Gasteiger partial charge on any atom is 0.325 e. The molecule has 0 radical (unpaired) electrons. The predicted molar refractivity (Wildman–Crippen MR) is 144 cm³/mol.